The summed E-state index contributed by atoms with van der Waals surface area (Å²) in [5, 5.41) is 0. The zero-order valence-corrected chi connectivity index (χ0v) is 26.4. The number of Topliss-reactive ketones (excluding diaryl/α,β-unsaturated/α-hetero) is 1. The number of rotatable bonds is 12. The standard InChI is InChI=1S/C34H41NO9/c1-8-41-30-18-23(10-12-28(30)44-21(5)36)32-31(34(38)43-14-13-42-19(2)3)20(4)35-25-15-24(16-26(37)33(25)32)22-9-11-27(39-6)29(17-22)40-7/h9-12,17-19,24,32-33H,8,13-16H2,1-7H3/t24-,32+,33?/m1/s1. The second-order valence-corrected chi connectivity index (χ2v) is 11.0. The van der Waals surface area contributed by atoms with Gasteiger partial charge < -0.3 is 28.4 Å². The highest BCUT2D eigenvalue weighted by atomic mass is 16.6. The molecule has 2 aliphatic rings. The van der Waals surface area contributed by atoms with Crippen LogP contribution in [-0.4, -0.2) is 63.6 Å². The summed E-state index contributed by atoms with van der Waals surface area (Å²) in [5.74, 6) is -0.781. The van der Waals surface area contributed by atoms with Gasteiger partial charge in [0.05, 0.1) is 45.0 Å². The Morgan fingerprint density at radius 2 is 1.59 bits per heavy atom. The quantitative estimate of drug-likeness (QED) is 0.173. The topological polar surface area (TPSA) is 119 Å². The molecule has 0 saturated heterocycles. The third kappa shape index (κ3) is 7.30. The summed E-state index contributed by atoms with van der Waals surface area (Å²) in [7, 11) is 3.15. The first kappa shape index (κ1) is 32.7. The summed E-state index contributed by atoms with van der Waals surface area (Å²) < 4.78 is 33.2. The molecule has 2 aromatic carbocycles. The minimum Gasteiger partial charge on any atom is -0.493 e. The Balaban J connectivity index is 1.76. The van der Waals surface area contributed by atoms with Gasteiger partial charge in [0.15, 0.2) is 23.0 Å². The average molecular weight is 608 g/mol. The monoisotopic (exact) mass is 607 g/mol. The van der Waals surface area contributed by atoms with Gasteiger partial charge in [0.2, 0.25) is 0 Å². The SMILES string of the molecule is CCOc1cc([C@H]2C(C(=O)OCCOC(C)C)=C(C)N=C3C[C@@H](c4ccc(OC)c(OC)c4)CC(=O)C32)ccc1OC(C)=O. The Bertz CT molecular complexity index is 1460. The fourth-order valence-corrected chi connectivity index (χ4v) is 5.87. The van der Waals surface area contributed by atoms with Gasteiger partial charge in [0.25, 0.3) is 0 Å². The molecule has 1 saturated carbocycles. The van der Waals surface area contributed by atoms with Crippen LogP contribution in [0.25, 0.3) is 0 Å². The van der Waals surface area contributed by atoms with E-state index in [1.165, 1.54) is 6.92 Å². The molecule has 1 fully saturated rings. The van der Waals surface area contributed by atoms with E-state index in [2.05, 4.69) is 0 Å². The molecule has 1 aliphatic heterocycles. The lowest BCUT2D eigenvalue weighted by molar-refractivity contribution is -0.141. The van der Waals surface area contributed by atoms with Gasteiger partial charge in [0.1, 0.15) is 12.4 Å². The molecule has 236 valence electrons. The lowest BCUT2D eigenvalue weighted by Gasteiger charge is -2.38. The summed E-state index contributed by atoms with van der Waals surface area (Å²) >= 11 is 0. The number of esters is 2. The lowest BCUT2D eigenvalue weighted by Crippen LogP contribution is -2.41. The van der Waals surface area contributed by atoms with Crippen molar-refractivity contribution in [1.82, 2.24) is 0 Å². The van der Waals surface area contributed by atoms with E-state index in [9.17, 15) is 14.4 Å². The molecule has 0 N–H and O–H groups in total. The van der Waals surface area contributed by atoms with Gasteiger partial charge in [-0.2, -0.15) is 0 Å². The first-order valence-electron chi connectivity index (χ1n) is 14.8. The summed E-state index contributed by atoms with van der Waals surface area (Å²) in [4.78, 5) is 44.3. The molecule has 0 bridgehead atoms. The molecule has 0 radical (unpaired) electrons. The maximum Gasteiger partial charge on any atom is 0.336 e. The van der Waals surface area contributed by atoms with Crippen molar-refractivity contribution in [3.8, 4) is 23.0 Å². The highest BCUT2D eigenvalue weighted by molar-refractivity contribution is 6.12. The van der Waals surface area contributed by atoms with Crippen molar-refractivity contribution in [2.45, 2.75) is 65.4 Å². The van der Waals surface area contributed by atoms with Gasteiger partial charge in [-0.15, -0.1) is 0 Å². The molecule has 4 rings (SSSR count). The van der Waals surface area contributed by atoms with Crippen molar-refractivity contribution in [2.24, 2.45) is 10.9 Å². The van der Waals surface area contributed by atoms with Crippen molar-refractivity contribution < 1.29 is 42.8 Å². The van der Waals surface area contributed by atoms with Crippen LogP contribution in [0, 0.1) is 5.92 Å². The molecule has 3 atom stereocenters. The molecule has 1 unspecified atom stereocenters. The minimum absolute atomic E-state index is 0.00422. The van der Waals surface area contributed by atoms with Crippen LogP contribution in [0.1, 0.15) is 70.4 Å². The maximum absolute atomic E-state index is 14.1. The predicted molar refractivity (Wildman–Crippen MR) is 164 cm³/mol. The van der Waals surface area contributed by atoms with Gasteiger partial charge >= 0.3 is 11.9 Å². The van der Waals surface area contributed by atoms with Gasteiger partial charge in [-0.25, -0.2) is 4.79 Å². The number of hydrogen-bond acceptors (Lipinski definition) is 10. The van der Waals surface area contributed by atoms with Crippen LogP contribution >= 0.6 is 0 Å². The highest BCUT2D eigenvalue weighted by Crippen LogP contribution is 2.48. The molecule has 44 heavy (non-hydrogen) atoms. The van der Waals surface area contributed by atoms with E-state index in [1.54, 1.807) is 39.3 Å². The third-order valence-electron chi connectivity index (χ3n) is 7.70. The molecule has 1 aliphatic carbocycles. The number of benzene rings is 2. The number of ketones is 1. The Morgan fingerprint density at radius 1 is 0.909 bits per heavy atom. The Kier molecular flexibility index (Phi) is 10.8. The van der Waals surface area contributed by atoms with Crippen molar-refractivity contribution in [3.05, 3.63) is 58.8 Å². The maximum atomic E-state index is 14.1. The van der Waals surface area contributed by atoms with Crippen LogP contribution in [0.2, 0.25) is 0 Å². The Morgan fingerprint density at radius 3 is 2.25 bits per heavy atom. The third-order valence-corrected chi connectivity index (χ3v) is 7.70. The fraction of sp³-hybridized carbons (Fsp3) is 0.471. The van der Waals surface area contributed by atoms with Gasteiger partial charge in [-0.3, -0.25) is 14.6 Å². The van der Waals surface area contributed by atoms with Gasteiger partial charge in [-0.05, 0) is 75.4 Å². The van der Waals surface area contributed by atoms with Crippen molar-refractivity contribution in [3.63, 3.8) is 0 Å². The van der Waals surface area contributed by atoms with Crippen LogP contribution in [0.3, 0.4) is 0 Å². The molecule has 1 heterocycles. The van der Waals surface area contributed by atoms with Crippen molar-refractivity contribution in [1.29, 1.82) is 0 Å². The summed E-state index contributed by atoms with van der Waals surface area (Å²) in [5.41, 5.74) is 3.09. The first-order chi connectivity index (χ1) is 21.1. The van der Waals surface area contributed by atoms with Crippen LogP contribution in [0.4, 0.5) is 0 Å². The molecule has 10 nitrogen and oxygen atoms in total. The second-order valence-electron chi connectivity index (χ2n) is 11.0. The van der Waals surface area contributed by atoms with E-state index in [-0.39, 0.29) is 43.2 Å². The summed E-state index contributed by atoms with van der Waals surface area (Å²) in [6, 6.07) is 10.8. The predicted octanol–water partition coefficient (Wildman–Crippen LogP) is 5.57. The van der Waals surface area contributed by atoms with E-state index in [0.29, 0.717) is 52.8 Å². The smallest absolute Gasteiger partial charge is 0.336 e. The Hall–Kier alpha value is -4.18. The molecular weight excluding hydrogens is 566 g/mol. The van der Waals surface area contributed by atoms with Gasteiger partial charge in [0, 0.05) is 30.7 Å². The number of carbonyl (C=O) groups is 3. The van der Waals surface area contributed by atoms with Crippen molar-refractivity contribution in [2.75, 3.05) is 34.0 Å². The number of nitrogens with zero attached hydrogens (tertiary/aromatic N) is 1. The van der Waals surface area contributed by atoms with E-state index in [1.807, 2.05) is 39.0 Å². The molecule has 10 heteroatoms. The summed E-state index contributed by atoms with van der Waals surface area (Å²) in [6.45, 7) is 9.33. The van der Waals surface area contributed by atoms with E-state index >= 15 is 0 Å². The number of carbonyl (C=O) groups excluding carboxylic acids is 3. The zero-order valence-electron chi connectivity index (χ0n) is 26.4. The number of fused-ring (bicyclic) bond motifs is 1. The number of aliphatic imine (C=N–C) groups is 1. The second kappa shape index (κ2) is 14.5. The average Bonchev–Trinajstić information content (AvgIpc) is 2.98. The highest BCUT2D eigenvalue weighted by Gasteiger charge is 2.46. The first-order valence-corrected chi connectivity index (χ1v) is 14.8. The lowest BCUT2D eigenvalue weighted by atomic mass is 9.66. The Labute approximate surface area is 258 Å². The number of allylic oxidation sites excluding steroid dienone is 1. The van der Waals surface area contributed by atoms with E-state index in [0.717, 1.165) is 5.56 Å². The largest absolute Gasteiger partial charge is 0.493 e. The van der Waals surface area contributed by atoms with Crippen LogP contribution in [0.5, 0.6) is 23.0 Å². The van der Waals surface area contributed by atoms with E-state index < -0.39 is 23.8 Å². The molecule has 2 aromatic rings. The number of hydrogen-bond donors (Lipinski definition) is 0. The summed E-state index contributed by atoms with van der Waals surface area (Å²) in [6.07, 6.45) is 0.771. The van der Waals surface area contributed by atoms with E-state index in [4.69, 9.17) is 33.4 Å². The van der Waals surface area contributed by atoms with Gasteiger partial charge in [-0.1, -0.05) is 12.1 Å². The number of ether oxygens (including phenoxy) is 6. The molecule has 0 amide bonds. The fourth-order valence-electron chi connectivity index (χ4n) is 5.87. The minimum atomic E-state index is -0.682. The van der Waals surface area contributed by atoms with Crippen LogP contribution in [0.15, 0.2) is 52.7 Å². The van der Waals surface area contributed by atoms with Crippen LogP contribution in [-0.2, 0) is 23.9 Å². The molecule has 0 aromatic heterocycles. The zero-order chi connectivity index (χ0) is 32.0. The normalized spacial score (nSPS) is 19.7. The van der Waals surface area contributed by atoms with Crippen LogP contribution < -0.4 is 18.9 Å². The molecule has 0 spiro atoms. The number of methoxy groups -OCH3 is 2. The van der Waals surface area contributed by atoms with Crippen molar-refractivity contribution >= 4 is 23.4 Å². The molecular formula is C34H41NO9.